The summed E-state index contributed by atoms with van der Waals surface area (Å²) in [5.74, 6) is 0. The summed E-state index contributed by atoms with van der Waals surface area (Å²) in [4.78, 5) is 0. The van der Waals surface area contributed by atoms with Gasteiger partial charge < -0.3 is 10.2 Å². The van der Waals surface area contributed by atoms with Crippen LogP contribution in [0.1, 0.15) is 39.0 Å². The van der Waals surface area contributed by atoms with E-state index in [1.165, 1.54) is 5.57 Å². The van der Waals surface area contributed by atoms with Gasteiger partial charge in [0.1, 0.15) is 0 Å². The molecular weight excluding hydrogens is 164 g/mol. The van der Waals surface area contributed by atoms with Crippen LogP contribution in [0.15, 0.2) is 11.6 Å². The van der Waals surface area contributed by atoms with Crippen molar-refractivity contribution in [2.45, 2.75) is 51.2 Å². The highest BCUT2D eigenvalue weighted by Crippen LogP contribution is 2.47. The largest absolute Gasteiger partial charge is 0.392 e. The number of aliphatic hydroxyl groups excluding tert-OH is 2. The van der Waals surface area contributed by atoms with E-state index in [-0.39, 0.29) is 17.6 Å². The van der Waals surface area contributed by atoms with E-state index in [1.54, 1.807) is 0 Å². The number of hydrogen-bond donors (Lipinski definition) is 2. The highest BCUT2D eigenvalue weighted by molar-refractivity contribution is 5.22. The molecule has 0 radical (unpaired) electrons. The maximum Gasteiger partial charge on any atom is 0.0724 e. The summed E-state index contributed by atoms with van der Waals surface area (Å²) in [5, 5.41) is 19.4. The molecule has 2 N–H and O–H groups in total. The van der Waals surface area contributed by atoms with Gasteiger partial charge in [-0.2, -0.15) is 0 Å². The van der Waals surface area contributed by atoms with Crippen molar-refractivity contribution in [1.82, 2.24) is 0 Å². The zero-order valence-corrected chi connectivity index (χ0v) is 8.16. The van der Waals surface area contributed by atoms with Crippen LogP contribution in [0.5, 0.6) is 0 Å². The molecule has 0 saturated heterocycles. The molecule has 0 amide bonds. The van der Waals surface area contributed by atoms with Crippen LogP contribution in [-0.4, -0.2) is 22.4 Å². The fraction of sp³-hybridized carbons (Fsp3) is 0.818. The zero-order valence-electron chi connectivity index (χ0n) is 8.16. The fourth-order valence-corrected chi connectivity index (χ4v) is 2.67. The van der Waals surface area contributed by atoms with E-state index in [4.69, 9.17) is 0 Å². The van der Waals surface area contributed by atoms with Crippen molar-refractivity contribution in [3.8, 4) is 0 Å². The van der Waals surface area contributed by atoms with E-state index in [0.29, 0.717) is 0 Å². The normalized spacial score (nSPS) is 45.3. The van der Waals surface area contributed by atoms with Crippen molar-refractivity contribution in [2.75, 3.05) is 0 Å². The molecule has 74 valence electrons. The van der Waals surface area contributed by atoms with Crippen molar-refractivity contribution < 1.29 is 10.2 Å². The number of rotatable bonds is 0. The molecule has 3 atom stereocenters. The first-order valence-corrected chi connectivity index (χ1v) is 5.20. The second-order valence-electron chi connectivity index (χ2n) is 4.62. The Balaban J connectivity index is 2.29. The maximum absolute atomic E-state index is 9.93. The topological polar surface area (TPSA) is 40.5 Å². The predicted octanol–water partition coefficient (Wildman–Crippen LogP) is 1.62. The van der Waals surface area contributed by atoms with E-state index in [9.17, 15) is 10.2 Å². The first-order chi connectivity index (χ1) is 6.13. The minimum Gasteiger partial charge on any atom is -0.392 e. The van der Waals surface area contributed by atoms with Crippen LogP contribution >= 0.6 is 0 Å². The van der Waals surface area contributed by atoms with Crippen molar-refractivity contribution in [3.63, 3.8) is 0 Å². The van der Waals surface area contributed by atoms with Crippen LogP contribution in [0.4, 0.5) is 0 Å². The molecule has 1 saturated carbocycles. The van der Waals surface area contributed by atoms with Crippen molar-refractivity contribution in [2.24, 2.45) is 5.41 Å². The van der Waals surface area contributed by atoms with Gasteiger partial charge in [-0.15, -0.1) is 0 Å². The lowest BCUT2D eigenvalue weighted by atomic mass is 9.64. The van der Waals surface area contributed by atoms with E-state index < -0.39 is 0 Å². The summed E-state index contributed by atoms with van der Waals surface area (Å²) in [6.07, 6.45) is 6.28. The van der Waals surface area contributed by atoms with Crippen molar-refractivity contribution in [3.05, 3.63) is 11.6 Å². The molecule has 2 nitrogen and oxygen atoms in total. The molecule has 2 heteroatoms. The van der Waals surface area contributed by atoms with Crippen LogP contribution in [0.3, 0.4) is 0 Å². The van der Waals surface area contributed by atoms with Gasteiger partial charge in [-0.05, 0) is 32.1 Å². The van der Waals surface area contributed by atoms with Gasteiger partial charge in [0.15, 0.2) is 0 Å². The lowest BCUT2D eigenvalue weighted by Gasteiger charge is -2.44. The summed E-state index contributed by atoms with van der Waals surface area (Å²) < 4.78 is 0. The van der Waals surface area contributed by atoms with Gasteiger partial charge in [-0.3, -0.25) is 0 Å². The molecule has 1 fully saturated rings. The van der Waals surface area contributed by atoms with Crippen molar-refractivity contribution in [1.29, 1.82) is 0 Å². The van der Waals surface area contributed by atoms with Gasteiger partial charge in [-0.25, -0.2) is 0 Å². The Bertz CT molecular complexity index is 234. The Hall–Kier alpha value is -0.340. The Morgan fingerprint density at radius 3 is 2.92 bits per heavy atom. The molecule has 2 aliphatic carbocycles. The molecule has 0 aliphatic heterocycles. The third-order valence-electron chi connectivity index (χ3n) is 3.75. The minimum absolute atomic E-state index is 0.0303. The molecular formula is C11H18O2. The van der Waals surface area contributed by atoms with Gasteiger partial charge in [0.05, 0.1) is 12.2 Å². The first kappa shape index (κ1) is 9.22. The third-order valence-corrected chi connectivity index (χ3v) is 3.75. The fourth-order valence-electron chi connectivity index (χ4n) is 2.67. The maximum atomic E-state index is 9.93. The molecule has 0 aromatic rings. The van der Waals surface area contributed by atoms with Gasteiger partial charge in [0.25, 0.3) is 0 Å². The van der Waals surface area contributed by atoms with Crippen LogP contribution < -0.4 is 0 Å². The van der Waals surface area contributed by atoms with Gasteiger partial charge in [0, 0.05) is 5.41 Å². The van der Waals surface area contributed by atoms with E-state index in [2.05, 4.69) is 6.92 Å². The highest BCUT2D eigenvalue weighted by Gasteiger charge is 2.41. The molecule has 2 rings (SSSR count). The average molecular weight is 182 g/mol. The van der Waals surface area contributed by atoms with Crippen LogP contribution in [0.25, 0.3) is 0 Å². The highest BCUT2D eigenvalue weighted by atomic mass is 16.3. The van der Waals surface area contributed by atoms with Crippen LogP contribution in [-0.2, 0) is 0 Å². The summed E-state index contributed by atoms with van der Waals surface area (Å²) in [6, 6.07) is 0. The molecule has 0 aromatic heterocycles. The van der Waals surface area contributed by atoms with Crippen LogP contribution in [0, 0.1) is 5.41 Å². The van der Waals surface area contributed by atoms with E-state index in [0.717, 1.165) is 32.1 Å². The third kappa shape index (κ3) is 1.42. The van der Waals surface area contributed by atoms with Gasteiger partial charge >= 0.3 is 0 Å². The number of fused-ring (bicyclic) bond motifs is 1. The standard InChI is InChI=1S/C11H18O2/c1-11-6-5-9(12)7-8(11)3-2-4-10(11)13/h7,9-10,12-13H,2-6H2,1H3/t9-,10+,11+/m1/s1. The minimum atomic E-state index is -0.270. The molecule has 0 heterocycles. The molecule has 0 unspecified atom stereocenters. The first-order valence-electron chi connectivity index (χ1n) is 5.20. The average Bonchev–Trinajstić information content (AvgIpc) is 2.09. The zero-order chi connectivity index (χ0) is 9.47. The predicted molar refractivity (Wildman–Crippen MR) is 51.3 cm³/mol. The summed E-state index contributed by atoms with van der Waals surface area (Å²) in [7, 11) is 0. The lowest BCUT2D eigenvalue weighted by molar-refractivity contribution is 0.0145. The second-order valence-corrected chi connectivity index (χ2v) is 4.62. The van der Waals surface area contributed by atoms with E-state index >= 15 is 0 Å². The summed E-state index contributed by atoms with van der Waals surface area (Å²) in [5.41, 5.74) is 1.25. The molecule has 0 aromatic carbocycles. The SMILES string of the molecule is C[C@]12CC[C@@H](O)C=C1CCC[C@@H]2O. The summed E-state index contributed by atoms with van der Waals surface area (Å²) in [6.45, 7) is 2.13. The Morgan fingerprint density at radius 1 is 1.38 bits per heavy atom. The summed E-state index contributed by atoms with van der Waals surface area (Å²) >= 11 is 0. The Labute approximate surface area is 79.3 Å². The van der Waals surface area contributed by atoms with Crippen molar-refractivity contribution >= 4 is 0 Å². The number of hydrogen-bond acceptors (Lipinski definition) is 2. The van der Waals surface area contributed by atoms with Gasteiger partial charge in [0.2, 0.25) is 0 Å². The lowest BCUT2D eigenvalue weighted by Crippen LogP contribution is -2.40. The molecule has 0 spiro atoms. The number of aliphatic hydroxyl groups is 2. The monoisotopic (exact) mass is 182 g/mol. The van der Waals surface area contributed by atoms with E-state index in [1.807, 2.05) is 6.08 Å². The molecule has 13 heavy (non-hydrogen) atoms. The molecule has 0 bridgehead atoms. The Morgan fingerprint density at radius 2 is 2.15 bits per heavy atom. The smallest absolute Gasteiger partial charge is 0.0724 e. The van der Waals surface area contributed by atoms with Crippen LogP contribution in [0.2, 0.25) is 0 Å². The second kappa shape index (κ2) is 3.10. The quantitative estimate of drug-likeness (QED) is 0.559. The molecule has 2 aliphatic rings. The Kier molecular flexibility index (Phi) is 2.20. The van der Waals surface area contributed by atoms with Gasteiger partial charge in [-0.1, -0.05) is 18.6 Å².